The number of likely N-dealkylation sites (tertiary alicyclic amines) is 1. The lowest BCUT2D eigenvalue weighted by Crippen LogP contribution is -2.59. The molecule has 10 nitrogen and oxygen atoms in total. The summed E-state index contributed by atoms with van der Waals surface area (Å²) < 4.78 is 6.12. The van der Waals surface area contributed by atoms with Crippen molar-refractivity contribution in [3.8, 4) is 0 Å². The third-order valence-corrected chi connectivity index (χ3v) is 13.4. The van der Waals surface area contributed by atoms with Gasteiger partial charge in [-0.2, -0.15) is 11.8 Å². The van der Waals surface area contributed by atoms with Crippen molar-refractivity contribution in [3.05, 3.63) is 35.9 Å². The van der Waals surface area contributed by atoms with Crippen molar-refractivity contribution in [2.24, 2.45) is 17.8 Å². The number of carbonyl (C=O) groups excluding carboxylic acids is 4. The highest BCUT2D eigenvalue weighted by Crippen LogP contribution is 2.38. The van der Waals surface area contributed by atoms with Crippen molar-refractivity contribution < 1.29 is 23.9 Å². The monoisotopic (exact) mass is 772 g/mol. The molecule has 1 aromatic carbocycles. The van der Waals surface area contributed by atoms with Crippen LogP contribution in [0.2, 0.25) is 0 Å². The van der Waals surface area contributed by atoms with E-state index in [1.165, 1.54) is 24.8 Å². The van der Waals surface area contributed by atoms with E-state index in [4.69, 9.17) is 4.74 Å². The summed E-state index contributed by atoms with van der Waals surface area (Å²) in [6.45, 7) is 13.3. The van der Waals surface area contributed by atoms with Crippen LogP contribution >= 0.6 is 11.8 Å². The van der Waals surface area contributed by atoms with Gasteiger partial charge in [-0.25, -0.2) is 0 Å². The van der Waals surface area contributed by atoms with E-state index >= 15 is 0 Å². The molecule has 0 aromatic heterocycles. The second kappa shape index (κ2) is 22.8. The van der Waals surface area contributed by atoms with E-state index in [-0.39, 0.29) is 71.2 Å². The standard InChI is InChI=1S/C43H73N5O5S/c1-11-31(6)41(47(9)43(52)39(29(2)3)45-42(51)40(30(4)5)46(7)8)35(53-10)27-38(50)48-26-18-23-34(48)36(54-33-21-16-13-17-22-33)28-37(49)44-25-24-32-19-14-12-15-20-32/h12,14-15,19-20,29-31,33-36,39-41H,11,13,16-18,21-28H2,1-10H3,(H,44,49)(H,45,51). The Kier molecular flexibility index (Phi) is 19.3. The fraction of sp³-hybridized carbons (Fsp3) is 0.767. The second-order valence-electron chi connectivity index (χ2n) is 16.7. The number of thioether (sulfide) groups is 1. The summed E-state index contributed by atoms with van der Waals surface area (Å²) in [5.74, 6) is -0.326. The lowest BCUT2D eigenvalue weighted by atomic mass is 9.89. The summed E-state index contributed by atoms with van der Waals surface area (Å²) in [5.41, 5.74) is 1.20. The van der Waals surface area contributed by atoms with Crippen molar-refractivity contribution in [1.82, 2.24) is 25.3 Å². The number of hydrogen-bond acceptors (Lipinski definition) is 7. The molecule has 4 amide bonds. The minimum Gasteiger partial charge on any atom is -0.379 e. The molecule has 1 aliphatic carbocycles. The summed E-state index contributed by atoms with van der Waals surface area (Å²) >= 11 is 1.93. The number of hydrogen-bond donors (Lipinski definition) is 2. The molecular formula is C43H73N5O5S. The van der Waals surface area contributed by atoms with Crippen LogP contribution in [0.15, 0.2) is 30.3 Å². The number of carbonyl (C=O) groups is 4. The zero-order chi connectivity index (χ0) is 39.9. The van der Waals surface area contributed by atoms with Gasteiger partial charge in [0.25, 0.3) is 0 Å². The number of benzene rings is 1. The molecule has 0 radical (unpaired) electrons. The number of nitrogens with one attached hydrogen (secondary N) is 2. The van der Waals surface area contributed by atoms with Gasteiger partial charge in [0, 0.05) is 50.2 Å². The van der Waals surface area contributed by atoms with E-state index in [1.807, 2.05) is 81.6 Å². The van der Waals surface area contributed by atoms with Gasteiger partial charge in [-0.1, -0.05) is 97.6 Å². The third kappa shape index (κ3) is 13.2. The molecule has 7 unspecified atom stereocenters. The molecule has 1 aromatic rings. The predicted octanol–water partition coefficient (Wildman–Crippen LogP) is 6.17. The van der Waals surface area contributed by atoms with E-state index < -0.39 is 12.1 Å². The quantitative estimate of drug-likeness (QED) is 0.154. The van der Waals surface area contributed by atoms with Crippen molar-refractivity contribution in [1.29, 1.82) is 0 Å². The van der Waals surface area contributed by atoms with Crippen LogP contribution in [0.1, 0.15) is 111 Å². The maximum atomic E-state index is 14.4. The van der Waals surface area contributed by atoms with Gasteiger partial charge in [0.2, 0.25) is 23.6 Å². The van der Waals surface area contributed by atoms with E-state index in [0.717, 1.165) is 38.5 Å². The molecule has 7 atom stereocenters. The molecule has 2 fully saturated rings. The molecule has 11 heteroatoms. The van der Waals surface area contributed by atoms with Crippen LogP contribution in [0.5, 0.6) is 0 Å². The van der Waals surface area contributed by atoms with Crippen LogP contribution in [0.4, 0.5) is 0 Å². The lowest BCUT2D eigenvalue weighted by molar-refractivity contribution is -0.146. The molecule has 2 aliphatic rings. The van der Waals surface area contributed by atoms with E-state index in [0.29, 0.717) is 24.8 Å². The highest BCUT2D eigenvalue weighted by Gasteiger charge is 2.42. The number of likely N-dealkylation sites (N-methyl/N-ethyl adjacent to an activating group) is 2. The first-order valence-electron chi connectivity index (χ1n) is 20.7. The van der Waals surface area contributed by atoms with E-state index in [1.54, 1.807) is 19.1 Å². The maximum Gasteiger partial charge on any atom is 0.245 e. The number of methoxy groups -OCH3 is 1. The maximum absolute atomic E-state index is 14.4. The van der Waals surface area contributed by atoms with Crippen LogP contribution < -0.4 is 10.6 Å². The Morgan fingerprint density at radius 1 is 0.907 bits per heavy atom. The zero-order valence-electron chi connectivity index (χ0n) is 35.1. The van der Waals surface area contributed by atoms with Crippen molar-refractivity contribution in [2.45, 2.75) is 153 Å². The van der Waals surface area contributed by atoms with Gasteiger partial charge in [-0.3, -0.25) is 24.1 Å². The summed E-state index contributed by atoms with van der Waals surface area (Å²) in [6, 6.07) is 8.70. The highest BCUT2D eigenvalue weighted by molar-refractivity contribution is 8.00. The lowest BCUT2D eigenvalue weighted by Gasteiger charge is -2.41. The number of nitrogens with zero attached hydrogens (tertiary/aromatic N) is 3. The molecule has 306 valence electrons. The summed E-state index contributed by atoms with van der Waals surface area (Å²) in [6.07, 6.45) is 9.35. The first kappa shape index (κ1) is 45.8. The Labute approximate surface area is 331 Å². The highest BCUT2D eigenvalue weighted by atomic mass is 32.2. The zero-order valence-corrected chi connectivity index (χ0v) is 36.0. The molecule has 3 rings (SSSR count). The molecule has 54 heavy (non-hydrogen) atoms. The van der Waals surface area contributed by atoms with Crippen LogP contribution in [0.25, 0.3) is 0 Å². The Morgan fingerprint density at radius 2 is 1.57 bits per heavy atom. The van der Waals surface area contributed by atoms with Crippen LogP contribution in [0, 0.1) is 17.8 Å². The summed E-state index contributed by atoms with van der Waals surface area (Å²) in [5, 5.41) is 6.76. The molecule has 2 N–H and O–H groups in total. The van der Waals surface area contributed by atoms with Crippen molar-refractivity contribution in [2.75, 3.05) is 41.3 Å². The minimum atomic E-state index is -0.720. The van der Waals surface area contributed by atoms with Gasteiger partial charge < -0.3 is 25.2 Å². The van der Waals surface area contributed by atoms with Crippen LogP contribution in [-0.2, 0) is 30.3 Å². The molecular weight excluding hydrogens is 699 g/mol. The number of ether oxygens (including phenoxy) is 1. The van der Waals surface area contributed by atoms with Crippen LogP contribution in [0.3, 0.4) is 0 Å². The first-order chi connectivity index (χ1) is 25.7. The fourth-order valence-electron chi connectivity index (χ4n) is 8.58. The first-order valence-corrected chi connectivity index (χ1v) is 21.7. The van der Waals surface area contributed by atoms with Gasteiger partial charge in [0.1, 0.15) is 6.04 Å². The van der Waals surface area contributed by atoms with Crippen molar-refractivity contribution >= 4 is 35.4 Å². The van der Waals surface area contributed by atoms with Gasteiger partial charge in [-0.05, 0) is 69.5 Å². The fourth-order valence-corrected chi connectivity index (χ4v) is 10.4. The number of amides is 4. The summed E-state index contributed by atoms with van der Waals surface area (Å²) in [7, 11) is 7.17. The van der Waals surface area contributed by atoms with Gasteiger partial charge in [-0.15, -0.1) is 0 Å². The Bertz CT molecular complexity index is 1300. The summed E-state index contributed by atoms with van der Waals surface area (Å²) in [4.78, 5) is 61.3. The average Bonchev–Trinajstić information content (AvgIpc) is 3.63. The third-order valence-electron chi connectivity index (χ3n) is 11.7. The normalized spacial score (nSPS) is 20.0. The van der Waals surface area contributed by atoms with E-state index in [2.05, 4.69) is 36.6 Å². The van der Waals surface area contributed by atoms with Gasteiger partial charge >= 0.3 is 0 Å². The number of rotatable bonds is 21. The van der Waals surface area contributed by atoms with E-state index in [9.17, 15) is 19.2 Å². The Morgan fingerprint density at radius 3 is 2.15 bits per heavy atom. The van der Waals surface area contributed by atoms with Crippen molar-refractivity contribution in [3.63, 3.8) is 0 Å². The molecule has 0 spiro atoms. The minimum absolute atomic E-state index is 0.0108. The topological polar surface area (TPSA) is 111 Å². The molecule has 1 aliphatic heterocycles. The SMILES string of the molecule is CCC(C)C(C(CC(=O)N1CCCC1C(CC(=O)NCCc1ccccc1)SC1CCCCC1)OC)N(C)C(=O)C(NC(=O)C(C(C)C)N(C)C)C(C)C. The second-order valence-corrected chi connectivity index (χ2v) is 18.3. The van der Waals surface area contributed by atoms with Gasteiger partial charge in [0.15, 0.2) is 0 Å². The predicted molar refractivity (Wildman–Crippen MR) is 221 cm³/mol. The molecule has 1 saturated carbocycles. The molecule has 0 bridgehead atoms. The largest absolute Gasteiger partial charge is 0.379 e. The Balaban J connectivity index is 1.78. The van der Waals surface area contributed by atoms with Crippen LogP contribution in [-0.4, -0.2) is 120 Å². The average molecular weight is 772 g/mol. The molecule has 1 saturated heterocycles. The Hall–Kier alpha value is -2.63. The molecule has 1 heterocycles. The van der Waals surface area contributed by atoms with Gasteiger partial charge in [0.05, 0.1) is 24.6 Å². The smallest absolute Gasteiger partial charge is 0.245 e.